The van der Waals surface area contributed by atoms with Gasteiger partial charge in [-0.15, -0.1) is 0 Å². The summed E-state index contributed by atoms with van der Waals surface area (Å²) in [6, 6.07) is 9.97. The molecule has 3 heteroatoms. The van der Waals surface area contributed by atoms with Gasteiger partial charge in [-0.05, 0) is 55.0 Å². The van der Waals surface area contributed by atoms with Crippen molar-refractivity contribution in [2.75, 3.05) is 13.1 Å². The number of hydrogen-bond acceptors (Lipinski definition) is 3. The molecule has 0 atom stereocenters. The number of nitriles is 1. The molecule has 1 saturated heterocycles. The molecule has 1 aromatic carbocycles. The van der Waals surface area contributed by atoms with Gasteiger partial charge in [-0.2, -0.15) is 5.26 Å². The minimum absolute atomic E-state index is 0.733. The summed E-state index contributed by atoms with van der Waals surface area (Å²) < 4.78 is 2.42. The lowest BCUT2D eigenvalue weighted by molar-refractivity contribution is 0.308. The van der Waals surface area contributed by atoms with Crippen molar-refractivity contribution in [2.45, 2.75) is 24.7 Å². The summed E-state index contributed by atoms with van der Waals surface area (Å²) in [6.45, 7) is 4.67. The smallest absolute Gasteiger partial charge is 0.0991 e. The minimum Gasteiger partial charge on any atom is -0.246 e. The molecular formula is C13H16N2S. The molecule has 1 heterocycles. The summed E-state index contributed by atoms with van der Waals surface area (Å²) in [7, 11) is 0. The molecule has 0 radical (unpaired) electrons. The van der Waals surface area contributed by atoms with Crippen LogP contribution in [0.15, 0.2) is 29.2 Å². The predicted molar refractivity (Wildman–Crippen MR) is 67.0 cm³/mol. The Morgan fingerprint density at radius 2 is 1.88 bits per heavy atom. The Bertz CT molecular complexity index is 372. The third kappa shape index (κ3) is 3.01. The van der Waals surface area contributed by atoms with Crippen molar-refractivity contribution in [2.24, 2.45) is 5.92 Å². The number of hydrogen-bond donors (Lipinski definition) is 0. The normalized spacial score (nSPS) is 18.2. The van der Waals surface area contributed by atoms with Gasteiger partial charge in [-0.3, -0.25) is 0 Å². The van der Waals surface area contributed by atoms with Crippen LogP contribution >= 0.6 is 11.9 Å². The van der Waals surface area contributed by atoms with Gasteiger partial charge in [0.1, 0.15) is 0 Å². The molecule has 1 fully saturated rings. The molecule has 84 valence electrons. The molecule has 2 nitrogen and oxygen atoms in total. The van der Waals surface area contributed by atoms with Crippen LogP contribution in [0.5, 0.6) is 0 Å². The Labute approximate surface area is 101 Å². The summed E-state index contributed by atoms with van der Waals surface area (Å²) in [5, 5.41) is 8.71. The van der Waals surface area contributed by atoms with Crippen molar-refractivity contribution in [3.05, 3.63) is 29.8 Å². The molecule has 0 N–H and O–H groups in total. The molecule has 0 saturated carbocycles. The molecule has 0 spiro atoms. The highest BCUT2D eigenvalue weighted by Gasteiger charge is 2.16. The standard InChI is InChI=1S/C13H16N2S/c1-11-6-8-15(9-7-11)16-13-4-2-12(10-14)3-5-13/h2-5,11H,6-9H2,1H3. The van der Waals surface area contributed by atoms with Crippen LogP contribution < -0.4 is 0 Å². The first-order chi connectivity index (χ1) is 7.78. The van der Waals surface area contributed by atoms with Gasteiger partial charge in [0.05, 0.1) is 11.6 Å². The van der Waals surface area contributed by atoms with E-state index in [4.69, 9.17) is 5.26 Å². The van der Waals surface area contributed by atoms with Crippen molar-refractivity contribution < 1.29 is 0 Å². The van der Waals surface area contributed by atoms with Crippen LogP contribution in [0.25, 0.3) is 0 Å². The van der Waals surface area contributed by atoms with Crippen molar-refractivity contribution in [3.8, 4) is 6.07 Å². The zero-order chi connectivity index (χ0) is 11.4. The van der Waals surface area contributed by atoms with Gasteiger partial charge in [0.2, 0.25) is 0 Å². The van der Waals surface area contributed by atoms with Crippen LogP contribution in [0.2, 0.25) is 0 Å². The Morgan fingerprint density at radius 3 is 2.44 bits per heavy atom. The second kappa shape index (κ2) is 5.38. The Balaban J connectivity index is 1.91. The minimum atomic E-state index is 0.733. The van der Waals surface area contributed by atoms with Crippen LogP contribution in [0.4, 0.5) is 0 Å². The van der Waals surface area contributed by atoms with Gasteiger partial charge in [0.15, 0.2) is 0 Å². The van der Waals surface area contributed by atoms with Crippen LogP contribution in [0, 0.1) is 17.2 Å². The summed E-state index contributed by atoms with van der Waals surface area (Å²) >= 11 is 1.81. The highest BCUT2D eigenvalue weighted by molar-refractivity contribution is 7.97. The summed E-state index contributed by atoms with van der Waals surface area (Å²) in [5.74, 6) is 0.873. The number of benzene rings is 1. The molecule has 0 unspecified atom stereocenters. The summed E-state index contributed by atoms with van der Waals surface area (Å²) in [4.78, 5) is 1.23. The first kappa shape index (κ1) is 11.5. The monoisotopic (exact) mass is 232 g/mol. The molecule has 1 aliphatic heterocycles. The second-order valence-corrected chi connectivity index (χ2v) is 5.51. The first-order valence-electron chi connectivity index (χ1n) is 5.71. The molecule has 0 aliphatic carbocycles. The van der Waals surface area contributed by atoms with E-state index in [1.54, 1.807) is 0 Å². The van der Waals surface area contributed by atoms with Crippen LogP contribution in [0.3, 0.4) is 0 Å². The van der Waals surface area contributed by atoms with Crippen LogP contribution in [0.1, 0.15) is 25.3 Å². The van der Waals surface area contributed by atoms with E-state index < -0.39 is 0 Å². The van der Waals surface area contributed by atoms with Gasteiger partial charge in [-0.1, -0.05) is 6.92 Å². The number of rotatable bonds is 2. The van der Waals surface area contributed by atoms with Gasteiger partial charge in [0, 0.05) is 18.0 Å². The average molecular weight is 232 g/mol. The van der Waals surface area contributed by atoms with Crippen molar-refractivity contribution in [1.82, 2.24) is 4.31 Å². The Morgan fingerprint density at radius 1 is 1.25 bits per heavy atom. The van der Waals surface area contributed by atoms with E-state index in [0.717, 1.165) is 11.5 Å². The van der Waals surface area contributed by atoms with Crippen molar-refractivity contribution >= 4 is 11.9 Å². The lowest BCUT2D eigenvalue weighted by atomic mass is 10.0. The topological polar surface area (TPSA) is 27.0 Å². The van der Waals surface area contributed by atoms with E-state index in [1.165, 1.54) is 30.8 Å². The fourth-order valence-electron chi connectivity index (χ4n) is 1.82. The SMILES string of the molecule is CC1CCN(Sc2ccc(C#N)cc2)CC1. The number of piperidine rings is 1. The van der Waals surface area contributed by atoms with Crippen molar-refractivity contribution in [3.63, 3.8) is 0 Å². The molecule has 0 bridgehead atoms. The molecule has 2 rings (SSSR count). The summed E-state index contributed by atoms with van der Waals surface area (Å²) in [6.07, 6.45) is 2.59. The molecular weight excluding hydrogens is 216 g/mol. The maximum absolute atomic E-state index is 8.71. The first-order valence-corrected chi connectivity index (χ1v) is 6.48. The van der Waals surface area contributed by atoms with E-state index >= 15 is 0 Å². The highest BCUT2D eigenvalue weighted by atomic mass is 32.2. The Kier molecular flexibility index (Phi) is 3.87. The average Bonchev–Trinajstić information content (AvgIpc) is 2.33. The fraction of sp³-hybridized carbons (Fsp3) is 0.462. The molecule has 16 heavy (non-hydrogen) atoms. The fourth-order valence-corrected chi connectivity index (χ4v) is 2.76. The molecule has 0 aromatic heterocycles. The van der Waals surface area contributed by atoms with Gasteiger partial charge < -0.3 is 0 Å². The second-order valence-electron chi connectivity index (χ2n) is 4.34. The quantitative estimate of drug-likeness (QED) is 0.732. The van der Waals surface area contributed by atoms with Crippen molar-refractivity contribution in [1.29, 1.82) is 5.26 Å². The van der Waals surface area contributed by atoms with Crippen LogP contribution in [-0.2, 0) is 0 Å². The molecule has 1 aromatic rings. The van der Waals surface area contributed by atoms with Crippen LogP contribution in [-0.4, -0.2) is 17.4 Å². The third-order valence-corrected chi connectivity index (χ3v) is 4.07. The van der Waals surface area contributed by atoms with E-state index in [0.29, 0.717) is 0 Å². The van der Waals surface area contributed by atoms with Gasteiger partial charge >= 0.3 is 0 Å². The lowest BCUT2D eigenvalue weighted by Gasteiger charge is -2.28. The van der Waals surface area contributed by atoms with Gasteiger partial charge in [0.25, 0.3) is 0 Å². The maximum Gasteiger partial charge on any atom is 0.0991 e. The number of nitrogens with zero attached hydrogens (tertiary/aromatic N) is 2. The van der Waals surface area contributed by atoms with E-state index in [9.17, 15) is 0 Å². The largest absolute Gasteiger partial charge is 0.246 e. The third-order valence-electron chi connectivity index (χ3n) is 2.96. The zero-order valence-electron chi connectivity index (χ0n) is 9.52. The Hall–Kier alpha value is -0.980. The highest BCUT2D eigenvalue weighted by Crippen LogP contribution is 2.28. The summed E-state index contributed by atoms with van der Waals surface area (Å²) in [5.41, 5.74) is 0.733. The maximum atomic E-state index is 8.71. The molecule has 1 aliphatic rings. The van der Waals surface area contributed by atoms with Gasteiger partial charge in [-0.25, -0.2) is 4.31 Å². The predicted octanol–water partition coefficient (Wildman–Crippen LogP) is 3.30. The van der Waals surface area contributed by atoms with E-state index in [-0.39, 0.29) is 0 Å². The molecule has 0 amide bonds. The lowest BCUT2D eigenvalue weighted by Crippen LogP contribution is -2.27. The zero-order valence-corrected chi connectivity index (χ0v) is 10.3. The van der Waals surface area contributed by atoms with E-state index in [1.807, 2.05) is 36.2 Å². The van der Waals surface area contributed by atoms with E-state index in [2.05, 4.69) is 17.3 Å².